The zero-order valence-corrected chi connectivity index (χ0v) is 31.0. The van der Waals surface area contributed by atoms with Crippen molar-refractivity contribution in [3.63, 3.8) is 0 Å². The fourth-order valence-corrected chi connectivity index (χ4v) is 5.28. The first-order valence-corrected chi connectivity index (χ1v) is 15.5. The number of nitriles is 1. The van der Waals surface area contributed by atoms with E-state index < -0.39 is 35.2 Å². The molecule has 0 radical (unpaired) electrons. The maximum absolute atomic E-state index is 14.4. The van der Waals surface area contributed by atoms with Crippen LogP contribution >= 0.6 is 0 Å². The maximum Gasteiger partial charge on any atom is 1.00 e. The molecule has 3 aromatic carbocycles. The Hall–Kier alpha value is -4.52. The summed E-state index contributed by atoms with van der Waals surface area (Å²) in [6.45, 7) is 3.29. The van der Waals surface area contributed by atoms with Gasteiger partial charge in [-0.25, -0.2) is 9.97 Å². The molecule has 0 spiro atoms. The van der Waals surface area contributed by atoms with E-state index in [-0.39, 0.29) is 108 Å². The summed E-state index contributed by atoms with van der Waals surface area (Å²) in [5.74, 6) is -1.34. The topological polar surface area (TPSA) is 121 Å². The number of aliphatic carboxylic acids is 1. The first kappa shape index (κ1) is 41.9. The number of benzene rings is 3. The minimum absolute atomic E-state index is 0. The zero-order valence-electron chi connectivity index (χ0n) is 29.0. The molecule has 0 aliphatic rings. The summed E-state index contributed by atoms with van der Waals surface area (Å²) in [6, 6.07) is 11.9. The Morgan fingerprint density at radius 1 is 0.904 bits per heavy atom. The zero-order chi connectivity index (χ0) is 37.5. The number of ether oxygens (including phenoxy) is 3. The van der Waals surface area contributed by atoms with Gasteiger partial charge in [0, 0.05) is 24.6 Å². The van der Waals surface area contributed by atoms with Crippen LogP contribution in [-0.2, 0) is 30.2 Å². The second-order valence-electron chi connectivity index (χ2n) is 11.7. The summed E-state index contributed by atoms with van der Waals surface area (Å²) >= 11 is 0. The van der Waals surface area contributed by atoms with Gasteiger partial charge in [0.15, 0.2) is 5.75 Å². The Balaban J connectivity index is 0.00000729. The average Bonchev–Trinajstić information content (AvgIpc) is 3.08. The quantitative estimate of drug-likeness (QED) is 0.106. The molecule has 0 saturated heterocycles. The van der Waals surface area contributed by atoms with Crippen molar-refractivity contribution < 1.29 is 80.0 Å². The molecule has 0 N–H and O–H groups in total. The van der Waals surface area contributed by atoms with Crippen molar-refractivity contribution in [3.05, 3.63) is 94.3 Å². The number of carbonyl (C=O) groups excluding carboxylic acids is 1. The van der Waals surface area contributed by atoms with Gasteiger partial charge in [-0.15, -0.1) is 0 Å². The predicted molar refractivity (Wildman–Crippen MR) is 172 cm³/mol. The van der Waals surface area contributed by atoms with Gasteiger partial charge in [0.1, 0.15) is 11.5 Å². The molecule has 0 amide bonds. The molecule has 16 heteroatoms. The number of carboxylic acids is 1. The fourth-order valence-electron chi connectivity index (χ4n) is 5.28. The Morgan fingerprint density at radius 2 is 1.58 bits per heavy atom. The monoisotopic (exact) mass is 738 g/mol. The van der Waals surface area contributed by atoms with Gasteiger partial charge in [-0.1, -0.05) is 19.9 Å². The van der Waals surface area contributed by atoms with E-state index in [9.17, 15) is 41.5 Å². The number of anilines is 1. The summed E-state index contributed by atoms with van der Waals surface area (Å²) in [5, 5.41) is 20.2. The first-order chi connectivity index (χ1) is 24.0. The SMILES string of the molecule is COc1ccc(C(C)C)cc1-c1cc(C(F)(F)F)c(OC)cc1CN(Cc1cc(C#N)cc(C(F)(F)F)c1)c1ncc(OCCCC(=O)[O-])cn1.[Na+]. The van der Waals surface area contributed by atoms with Crippen molar-refractivity contribution in [2.45, 2.75) is 58.0 Å². The molecule has 0 saturated carbocycles. The van der Waals surface area contributed by atoms with Gasteiger partial charge >= 0.3 is 41.9 Å². The van der Waals surface area contributed by atoms with E-state index in [1.54, 1.807) is 24.3 Å². The van der Waals surface area contributed by atoms with Crippen molar-refractivity contribution in [1.82, 2.24) is 9.97 Å². The third-order valence-corrected chi connectivity index (χ3v) is 7.79. The van der Waals surface area contributed by atoms with Crippen molar-refractivity contribution >= 4 is 11.9 Å². The van der Waals surface area contributed by atoms with Crippen LogP contribution in [0.15, 0.2) is 60.9 Å². The van der Waals surface area contributed by atoms with E-state index in [0.717, 1.165) is 24.8 Å². The average molecular weight is 739 g/mol. The number of rotatable bonds is 14. The first-order valence-electron chi connectivity index (χ1n) is 15.5. The summed E-state index contributed by atoms with van der Waals surface area (Å²) < 4.78 is 101. The molecule has 52 heavy (non-hydrogen) atoms. The molecule has 0 atom stereocenters. The van der Waals surface area contributed by atoms with Crippen molar-refractivity contribution in [2.24, 2.45) is 0 Å². The molecule has 0 bridgehead atoms. The second kappa shape index (κ2) is 17.8. The molecule has 9 nitrogen and oxygen atoms in total. The fraction of sp³-hybridized carbons (Fsp3) is 0.333. The van der Waals surface area contributed by atoms with Crippen LogP contribution in [0.25, 0.3) is 11.1 Å². The largest absolute Gasteiger partial charge is 1.00 e. The molecule has 4 rings (SSSR count). The van der Waals surface area contributed by atoms with Gasteiger partial charge in [0.2, 0.25) is 5.95 Å². The van der Waals surface area contributed by atoms with Gasteiger partial charge in [-0.3, -0.25) is 0 Å². The number of alkyl halides is 6. The third kappa shape index (κ3) is 10.8. The number of methoxy groups -OCH3 is 2. The number of hydrogen-bond donors (Lipinski definition) is 0. The van der Waals surface area contributed by atoms with Crippen LogP contribution in [0.5, 0.6) is 17.2 Å². The van der Waals surface area contributed by atoms with Gasteiger partial charge in [0.25, 0.3) is 0 Å². The molecule has 0 unspecified atom stereocenters. The van der Waals surface area contributed by atoms with Gasteiger partial charge < -0.3 is 29.0 Å². The van der Waals surface area contributed by atoms with Crippen LogP contribution in [0.4, 0.5) is 32.3 Å². The number of hydrogen-bond acceptors (Lipinski definition) is 9. The van der Waals surface area contributed by atoms with E-state index in [1.165, 1.54) is 36.5 Å². The van der Waals surface area contributed by atoms with Gasteiger partial charge in [-0.2, -0.15) is 31.6 Å². The molecule has 0 fully saturated rings. The van der Waals surface area contributed by atoms with E-state index in [0.29, 0.717) is 11.6 Å². The van der Waals surface area contributed by atoms with Crippen LogP contribution in [0, 0.1) is 11.3 Å². The Bertz CT molecular complexity index is 1900. The summed E-state index contributed by atoms with van der Waals surface area (Å²) in [5.41, 5.74) is -0.811. The number of carbonyl (C=O) groups is 1. The minimum atomic E-state index is -4.81. The number of carboxylic acid groups (broad SMARTS) is 1. The van der Waals surface area contributed by atoms with Crippen LogP contribution in [0.2, 0.25) is 0 Å². The predicted octanol–water partition coefficient (Wildman–Crippen LogP) is 4.31. The van der Waals surface area contributed by atoms with Crippen molar-refractivity contribution in [3.8, 4) is 34.4 Å². The van der Waals surface area contributed by atoms with Crippen LogP contribution in [0.1, 0.15) is 66.0 Å². The summed E-state index contributed by atoms with van der Waals surface area (Å²) in [4.78, 5) is 20.8. The number of nitrogens with zero attached hydrogens (tertiary/aromatic N) is 4. The summed E-state index contributed by atoms with van der Waals surface area (Å²) in [7, 11) is 2.47. The van der Waals surface area contributed by atoms with Gasteiger partial charge in [0.05, 0.1) is 56.0 Å². The van der Waals surface area contributed by atoms with E-state index in [1.807, 2.05) is 13.8 Å². The van der Waals surface area contributed by atoms with Crippen LogP contribution in [0.3, 0.4) is 0 Å². The van der Waals surface area contributed by atoms with Crippen LogP contribution < -0.4 is 53.8 Å². The Labute approximate surface area is 318 Å². The molecule has 270 valence electrons. The number of halogens is 6. The molecule has 1 heterocycles. The van der Waals surface area contributed by atoms with Crippen molar-refractivity contribution in [1.29, 1.82) is 5.26 Å². The second-order valence-corrected chi connectivity index (χ2v) is 11.7. The van der Waals surface area contributed by atoms with E-state index >= 15 is 0 Å². The molecule has 1 aromatic heterocycles. The Kier molecular flexibility index (Phi) is 14.3. The van der Waals surface area contributed by atoms with Crippen LogP contribution in [-0.4, -0.2) is 36.8 Å². The third-order valence-electron chi connectivity index (χ3n) is 7.79. The molecule has 0 aliphatic carbocycles. The molecule has 4 aromatic rings. The number of aromatic nitrogens is 2. The molecule has 0 aliphatic heterocycles. The molecular formula is C36H33F6N4NaO5. The summed E-state index contributed by atoms with van der Waals surface area (Å²) in [6.07, 6.45) is -7.14. The van der Waals surface area contributed by atoms with E-state index in [2.05, 4.69) is 9.97 Å². The van der Waals surface area contributed by atoms with Crippen molar-refractivity contribution in [2.75, 3.05) is 25.7 Å². The molecular weight excluding hydrogens is 705 g/mol. The smallest absolute Gasteiger partial charge is 0.550 e. The van der Waals surface area contributed by atoms with E-state index in [4.69, 9.17) is 14.2 Å². The maximum atomic E-state index is 14.4. The van der Waals surface area contributed by atoms with Gasteiger partial charge in [-0.05, 0) is 83.5 Å². The standard InChI is InChI=1S/C36H34F6N4O5.Na/c1-21(2)24-7-8-31(49-3)29(13-24)28-15-30(36(40,41)42)32(50-4)14-25(28)20-46(19-23-10-22(16-43)11-26(12-23)35(37,38)39)34-44-17-27(18-45-34)51-9-5-6-33(47)48;/h7-8,10-15,17-18,21H,5-6,9,19-20H2,1-4H3,(H,47,48);/q;+1/p-1. The minimum Gasteiger partial charge on any atom is -0.550 e. The normalized spacial score (nSPS) is 11.4. The Morgan fingerprint density at radius 3 is 2.13 bits per heavy atom.